The molecule has 1 atom stereocenters. The molecule has 1 aliphatic rings. The highest BCUT2D eigenvalue weighted by Gasteiger charge is 2.27. The topological polar surface area (TPSA) is 58.6 Å². The molecule has 98 valence electrons. The molecule has 1 saturated heterocycles. The molecule has 0 aromatic heterocycles. The van der Waals surface area contributed by atoms with Crippen molar-refractivity contribution < 1.29 is 14.3 Å². The number of carbonyl (C=O) groups is 2. The summed E-state index contributed by atoms with van der Waals surface area (Å²) < 4.78 is 4.83. The Balaban J connectivity index is 2.42. The van der Waals surface area contributed by atoms with Gasteiger partial charge in [-0.15, -0.1) is 0 Å². The molecular weight excluding hydrogens is 220 g/mol. The number of nitrogens with zero attached hydrogens (tertiary/aromatic N) is 1. The first kappa shape index (κ1) is 14.0. The Morgan fingerprint density at radius 1 is 1.47 bits per heavy atom. The van der Waals surface area contributed by atoms with E-state index < -0.39 is 0 Å². The third-order valence-corrected chi connectivity index (χ3v) is 2.96. The number of amides is 2. The summed E-state index contributed by atoms with van der Waals surface area (Å²) in [5.41, 5.74) is 0. The monoisotopic (exact) mass is 242 g/mol. The van der Waals surface area contributed by atoms with Gasteiger partial charge in [0.1, 0.15) is 6.61 Å². The first-order chi connectivity index (χ1) is 8.19. The molecule has 0 radical (unpaired) electrons. The number of hydrogen-bond donors (Lipinski definition) is 1. The van der Waals surface area contributed by atoms with Crippen LogP contribution < -0.4 is 5.32 Å². The fourth-order valence-corrected chi connectivity index (χ4v) is 2.02. The van der Waals surface area contributed by atoms with Crippen molar-refractivity contribution in [3.05, 3.63) is 0 Å². The van der Waals surface area contributed by atoms with E-state index in [0.717, 1.165) is 25.8 Å². The maximum Gasteiger partial charge on any atom is 0.248 e. The summed E-state index contributed by atoms with van der Waals surface area (Å²) in [4.78, 5) is 25.2. The molecule has 1 rings (SSSR count). The van der Waals surface area contributed by atoms with Gasteiger partial charge in [0.25, 0.3) is 0 Å². The van der Waals surface area contributed by atoms with E-state index in [1.807, 2.05) is 6.92 Å². The summed E-state index contributed by atoms with van der Waals surface area (Å²) in [6.45, 7) is 4.09. The maximum absolute atomic E-state index is 11.8. The molecule has 1 heterocycles. The van der Waals surface area contributed by atoms with Crippen molar-refractivity contribution in [2.24, 2.45) is 5.92 Å². The Kier molecular flexibility index (Phi) is 5.97. The molecule has 0 aromatic rings. The summed E-state index contributed by atoms with van der Waals surface area (Å²) in [6, 6.07) is 0. The van der Waals surface area contributed by atoms with E-state index in [4.69, 9.17) is 4.74 Å². The van der Waals surface area contributed by atoms with Gasteiger partial charge in [-0.2, -0.15) is 0 Å². The van der Waals surface area contributed by atoms with Gasteiger partial charge in [-0.3, -0.25) is 9.59 Å². The Bertz CT molecular complexity index is 268. The number of piperidine rings is 1. The van der Waals surface area contributed by atoms with Crippen LogP contribution in [0.2, 0.25) is 0 Å². The predicted octanol–water partition coefficient (Wildman–Crippen LogP) is 0.398. The van der Waals surface area contributed by atoms with Crippen molar-refractivity contribution in [2.75, 3.05) is 33.4 Å². The van der Waals surface area contributed by atoms with Crippen molar-refractivity contribution in [1.82, 2.24) is 10.2 Å². The lowest BCUT2D eigenvalue weighted by Crippen LogP contribution is -2.46. The van der Waals surface area contributed by atoms with Crippen molar-refractivity contribution >= 4 is 11.8 Å². The average Bonchev–Trinajstić information content (AvgIpc) is 2.36. The van der Waals surface area contributed by atoms with E-state index in [9.17, 15) is 9.59 Å². The molecular formula is C12H22N2O3. The lowest BCUT2D eigenvalue weighted by atomic mass is 9.97. The van der Waals surface area contributed by atoms with Crippen LogP contribution in [-0.4, -0.2) is 50.1 Å². The zero-order valence-electron chi connectivity index (χ0n) is 10.7. The SMILES string of the molecule is CCCNC(=O)C1CCCN(C(=O)COC)C1. The van der Waals surface area contributed by atoms with Gasteiger partial charge in [-0.05, 0) is 19.3 Å². The van der Waals surface area contributed by atoms with E-state index in [0.29, 0.717) is 13.1 Å². The lowest BCUT2D eigenvalue weighted by molar-refractivity contribution is -0.138. The minimum Gasteiger partial charge on any atom is -0.375 e. The lowest BCUT2D eigenvalue weighted by Gasteiger charge is -2.31. The van der Waals surface area contributed by atoms with Crippen molar-refractivity contribution in [3.8, 4) is 0 Å². The van der Waals surface area contributed by atoms with Gasteiger partial charge < -0.3 is 15.0 Å². The Morgan fingerprint density at radius 2 is 2.24 bits per heavy atom. The van der Waals surface area contributed by atoms with Crippen LogP contribution in [-0.2, 0) is 14.3 Å². The predicted molar refractivity (Wildman–Crippen MR) is 64.5 cm³/mol. The summed E-state index contributed by atoms with van der Waals surface area (Å²) in [5, 5.41) is 2.89. The second-order valence-electron chi connectivity index (χ2n) is 4.40. The number of hydrogen-bond acceptors (Lipinski definition) is 3. The van der Waals surface area contributed by atoms with Gasteiger partial charge in [0.2, 0.25) is 11.8 Å². The molecule has 1 aliphatic heterocycles. The molecule has 0 saturated carbocycles. The van der Waals surface area contributed by atoms with E-state index in [1.54, 1.807) is 4.90 Å². The standard InChI is InChI=1S/C12H22N2O3/c1-3-6-13-12(16)10-5-4-7-14(8-10)11(15)9-17-2/h10H,3-9H2,1-2H3,(H,13,16). The van der Waals surface area contributed by atoms with E-state index in [-0.39, 0.29) is 24.3 Å². The van der Waals surface area contributed by atoms with Crippen LogP contribution in [0.5, 0.6) is 0 Å². The number of rotatable bonds is 5. The molecule has 2 amide bonds. The fraction of sp³-hybridized carbons (Fsp3) is 0.833. The maximum atomic E-state index is 11.8. The van der Waals surface area contributed by atoms with Crippen LogP contribution in [0.25, 0.3) is 0 Å². The minimum atomic E-state index is -0.0592. The van der Waals surface area contributed by atoms with Crippen LogP contribution >= 0.6 is 0 Å². The van der Waals surface area contributed by atoms with Gasteiger partial charge in [0.05, 0.1) is 5.92 Å². The molecule has 0 aromatic carbocycles. The first-order valence-electron chi connectivity index (χ1n) is 6.23. The molecule has 1 unspecified atom stereocenters. The number of likely N-dealkylation sites (tertiary alicyclic amines) is 1. The second-order valence-corrected chi connectivity index (χ2v) is 4.40. The van der Waals surface area contributed by atoms with Gasteiger partial charge >= 0.3 is 0 Å². The number of carbonyl (C=O) groups excluding carboxylic acids is 2. The minimum absolute atomic E-state index is 0.0273. The van der Waals surface area contributed by atoms with Crippen LogP contribution in [0.3, 0.4) is 0 Å². The third-order valence-electron chi connectivity index (χ3n) is 2.96. The molecule has 5 nitrogen and oxygen atoms in total. The normalized spacial score (nSPS) is 20.1. The van der Waals surface area contributed by atoms with E-state index in [2.05, 4.69) is 5.32 Å². The van der Waals surface area contributed by atoms with Gasteiger partial charge in [0.15, 0.2) is 0 Å². The van der Waals surface area contributed by atoms with Gasteiger partial charge in [-0.1, -0.05) is 6.92 Å². The highest BCUT2D eigenvalue weighted by molar-refractivity contribution is 5.81. The summed E-state index contributed by atoms with van der Waals surface area (Å²) in [6.07, 6.45) is 2.69. The molecule has 0 aliphatic carbocycles. The quantitative estimate of drug-likeness (QED) is 0.759. The Hall–Kier alpha value is -1.10. The van der Waals surface area contributed by atoms with E-state index in [1.165, 1.54) is 7.11 Å². The molecule has 1 fully saturated rings. The Morgan fingerprint density at radius 3 is 2.88 bits per heavy atom. The molecule has 0 bridgehead atoms. The van der Waals surface area contributed by atoms with Crippen LogP contribution in [0, 0.1) is 5.92 Å². The molecule has 1 N–H and O–H groups in total. The molecule has 0 spiro atoms. The smallest absolute Gasteiger partial charge is 0.248 e. The zero-order valence-corrected chi connectivity index (χ0v) is 10.7. The summed E-state index contributed by atoms with van der Waals surface area (Å²) in [7, 11) is 1.51. The van der Waals surface area contributed by atoms with Crippen LogP contribution in [0.15, 0.2) is 0 Å². The summed E-state index contributed by atoms with van der Waals surface area (Å²) >= 11 is 0. The summed E-state index contributed by atoms with van der Waals surface area (Å²) in [5.74, 6) is -0.0154. The zero-order chi connectivity index (χ0) is 12.7. The molecule has 17 heavy (non-hydrogen) atoms. The molecule has 5 heteroatoms. The fourth-order valence-electron chi connectivity index (χ4n) is 2.02. The van der Waals surface area contributed by atoms with Crippen molar-refractivity contribution in [1.29, 1.82) is 0 Å². The highest BCUT2D eigenvalue weighted by Crippen LogP contribution is 2.16. The van der Waals surface area contributed by atoms with Crippen molar-refractivity contribution in [2.45, 2.75) is 26.2 Å². The number of methoxy groups -OCH3 is 1. The van der Waals surface area contributed by atoms with Crippen LogP contribution in [0.4, 0.5) is 0 Å². The average molecular weight is 242 g/mol. The number of nitrogens with one attached hydrogen (secondary N) is 1. The first-order valence-corrected chi connectivity index (χ1v) is 6.23. The number of ether oxygens (including phenoxy) is 1. The van der Waals surface area contributed by atoms with Gasteiger partial charge in [0, 0.05) is 26.7 Å². The Labute approximate surface area is 102 Å². The second kappa shape index (κ2) is 7.27. The van der Waals surface area contributed by atoms with E-state index >= 15 is 0 Å². The highest BCUT2D eigenvalue weighted by atomic mass is 16.5. The largest absolute Gasteiger partial charge is 0.375 e. The van der Waals surface area contributed by atoms with Crippen molar-refractivity contribution in [3.63, 3.8) is 0 Å². The van der Waals surface area contributed by atoms with Gasteiger partial charge in [-0.25, -0.2) is 0 Å². The third kappa shape index (κ3) is 4.34. The van der Waals surface area contributed by atoms with Crippen LogP contribution in [0.1, 0.15) is 26.2 Å².